The fourth-order valence-corrected chi connectivity index (χ4v) is 0.233. The molecule has 0 unspecified atom stereocenters. The summed E-state index contributed by atoms with van der Waals surface area (Å²) in [5, 5.41) is 0. The maximum Gasteiger partial charge on any atom is 0.210 e. The molecule has 0 spiro atoms. The van der Waals surface area contributed by atoms with Crippen LogP contribution >= 0.6 is 0 Å². The Kier molecular flexibility index (Phi) is 2.62. The Balaban J connectivity index is 3.55. The first kappa shape index (κ1) is 6.95. The monoisotopic (exact) mass is 111 g/mol. The molecule has 0 radical (unpaired) electrons. The Bertz CT molecular complexity index is 126. The zero-order valence-corrected chi connectivity index (χ0v) is 4.98. The van der Waals surface area contributed by atoms with Gasteiger partial charge in [0.25, 0.3) is 0 Å². The third-order valence-electron chi connectivity index (χ3n) is 0.468. The molecule has 2 nitrogen and oxygen atoms in total. The number of hydrogen-bond acceptors (Lipinski definition) is 2. The predicted octanol–water partition coefficient (Wildman–Crippen LogP) is 1.71. The van der Waals surface area contributed by atoms with Crippen LogP contribution in [0.3, 0.4) is 0 Å². The highest BCUT2D eigenvalue weighted by Gasteiger charge is 1.85. The Morgan fingerprint density at radius 2 is 2.00 bits per heavy atom. The highest BCUT2D eigenvalue weighted by atomic mass is 16.5. The molecule has 0 saturated heterocycles. The molecule has 8 heavy (non-hydrogen) atoms. The molecule has 0 fully saturated rings. The second-order valence-corrected chi connectivity index (χ2v) is 1.36. The first-order chi connectivity index (χ1) is 3.66. The molecule has 0 aliphatic heterocycles. The van der Waals surface area contributed by atoms with Crippen LogP contribution < -0.4 is 0 Å². The van der Waals surface area contributed by atoms with Crippen LogP contribution in [0.1, 0.15) is 6.92 Å². The molecule has 0 bridgehead atoms. The molecular weight excluding hydrogens is 102 g/mol. The van der Waals surface area contributed by atoms with Gasteiger partial charge in [-0.25, -0.2) is 4.99 Å². The SMILES string of the molecule is C=NC(=C)OC(=C)C. The molecule has 44 valence electrons. The summed E-state index contributed by atoms with van der Waals surface area (Å²) in [6.45, 7) is 11.8. The topological polar surface area (TPSA) is 21.6 Å². The Labute approximate surface area is 49.2 Å². The summed E-state index contributed by atoms with van der Waals surface area (Å²) in [5.74, 6) is 0.861. The predicted molar refractivity (Wildman–Crippen MR) is 34.6 cm³/mol. The fraction of sp³-hybridized carbons (Fsp3) is 0.167. The van der Waals surface area contributed by atoms with Gasteiger partial charge in [-0.15, -0.1) is 0 Å². The van der Waals surface area contributed by atoms with E-state index in [4.69, 9.17) is 4.74 Å². The summed E-state index contributed by atoms with van der Waals surface area (Å²) in [6.07, 6.45) is 0. The minimum Gasteiger partial charge on any atom is -0.445 e. The molecule has 0 aromatic heterocycles. The normalized spacial score (nSPS) is 7.62. The van der Waals surface area contributed by atoms with Gasteiger partial charge in [-0.1, -0.05) is 6.58 Å². The van der Waals surface area contributed by atoms with Crippen molar-refractivity contribution >= 4 is 6.72 Å². The third-order valence-corrected chi connectivity index (χ3v) is 0.468. The van der Waals surface area contributed by atoms with Gasteiger partial charge < -0.3 is 4.74 Å². The lowest BCUT2D eigenvalue weighted by atomic mass is 10.6. The first-order valence-electron chi connectivity index (χ1n) is 2.16. The van der Waals surface area contributed by atoms with E-state index in [0.29, 0.717) is 5.76 Å². The van der Waals surface area contributed by atoms with Crippen LogP contribution in [-0.2, 0) is 4.74 Å². The van der Waals surface area contributed by atoms with Crippen molar-refractivity contribution in [3.8, 4) is 0 Å². The van der Waals surface area contributed by atoms with E-state index < -0.39 is 0 Å². The lowest BCUT2D eigenvalue weighted by Crippen LogP contribution is -1.81. The van der Waals surface area contributed by atoms with Gasteiger partial charge in [0.15, 0.2) is 0 Å². The van der Waals surface area contributed by atoms with E-state index in [1.165, 1.54) is 0 Å². The van der Waals surface area contributed by atoms with Gasteiger partial charge in [0, 0.05) is 0 Å². The van der Waals surface area contributed by atoms with E-state index in [0.717, 1.165) is 0 Å². The van der Waals surface area contributed by atoms with Crippen molar-refractivity contribution in [3.05, 3.63) is 24.8 Å². The van der Waals surface area contributed by atoms with Crippen LogP contribution in [0.5, 0.6) is 0 Å². The maximum absolute atomic E-state index is 4.78. The van der Waals surface area contributed by atoms with Crippen LogP contribution in [0.15, 0.2) is 29.8 Å². The van der Waals surface area contributed by atoms with E-state index >= 15 is 0 Å². The number of aliphatic imine (C=N–C) groups is 1. The molecule has 0 aliphatic carbocycles. The van der Waals surface area contributed by atoms with Gasteiger partial charge in [-0.2, -0.15) is 0 Å². The van der Waals surface area contributed by atoms with E-state index in [1.807, 2.05) is 0 Å². The largest absolute Gasteiger partial charge is 0.445 e. The van der Waals surface area contributed by atoms with E-state index in [-0.39, 0.29) is 5.88 Å². The molecule has 0 saturated carbocycles. The molecule has 0 aliphatic rings. The van der Waals surface area contributed by atoms with E-state index in [1.54, 1.807) is 6.92 Å². The van der Waals surface area contributed by atoms with Crippen LogP contribution in [0, 0.1) is 0 Å². The van der Waals surface area contributed by atoms with Gasteiger partial charge >= 0.3 is 0 Å². The minimum absolute atomic E-state index is 0.289. The molecule has 0 atom stereocenters. The van der Waals surface area contributed by atoms with Crippen molar-refractivity contribution in [1.82, 2.24) is 0 Å². The van der Waals surface area contributed by atoms with Gasteiger partial charge in [-0.3, -0.25) is 0 Å². The number of nitrogens with zero attached hydrogens (tertiary/aromatic N) is 1. The smallest absolute Gasteiger partial charge is 0.210 e. The van der Waals surface area contributed by atoms with Crippen LogP contribution in [-0.4, -0.2) is 6.72 Å². The van der Waals surface area contributed by atoms with Crippen molar-refractivity contribution in [2.75, 3.05) is 0 Å². The first-order valence-corrected chi connectivity index (χ1v) is 2.16. The summed E-state index contributed by atoms with van der Waals surface area (Å²) < 4.78 is 4.78. The molecule has 0 aromatic carbocycles. The third kappa shape index (κ3) is 3.15. The van der Waals surface area contributed by atoms with Crippen molar-refractivity contribution in [2.45, 2.75) is 6.92 Å². The molecular formula is C6H9NO. The quantitative estimate of drug-likeness (QED) is 0.401. The number of rotatable bonds is 3. The van der Waals surface area contributed by atoms with E-state index in [9.17, 15) is 0 Å². The number of allylic oxidation sites excluding steroid dienone is 1. The van der Waals surface area contributed by atoms with Crippen LogP contribution in [0.4, 0.5) is 0 Å². The maximum atomic E-state index is 4.78. The van der Waals surface area contributed by atoms with Gasteiger partial charge in [0.2, 0.25) is 5.88 Å². The molecule has 0 heterocycles. The minimum atomic E-state index is 0.289. The zero-order chi connectivity index (χ0) is 6.57. The second kappa shape index (κ2) is 3.02. The standard InChI is InChI=1S/C6H9NO/c1-5(2)8-6(3)7-4/h1,3-4H2,2H3. The summed E-state index contributed by atoms with van der Waals surface area (Å²) in [6, 6.07) is 0. The van der Waals surface area contributed by atoms with Gasteiger partial charge in [0.05, 0.1) is 5.76 Å². The summed E-state index contributed by atoms with van der Waals surface area (Å²) in [7, 11) is 0. The summed E-state index contributed by atoms with van der Waals surface area (Å²) in [4.78, 5) is 3.40. The van der Waals surface area contributed by atoms with Crippen LogP contribution in [0.2, 0.25) is 0 Å². The fourth-order valence-electron chi connectivity index (χ4n) is 0.233. The molecule has 0 N–H and O–H groups in total. The number of ether oxygens (including phenoxy) is 1. The second-order valence-electron chi connectivity index (χ2n) is 1.36. The average Bonchev–Trinajstić information content (AvgIpc) is 1.65. The van der Waals surface area contributed by atoms with E-state index in [2.05, 4.69) is 24.9 Å². The average molecular weight is 111 g/mol. The highest BCUT2D eigenvalue weighted by Crippen LogP contribution is 1.99. The molecule has 0 rings (SSSR count). The molecule has 2 heteroatoms. The number of hydrogen-bond donors (Lipinski definition) is 0. The highest BCUT2D eigenvalue weighted by molar-refractivity contribution is 5.26. The van der Waals surface area contributed by atoms with Crippen molar-refractivity contribution in [3.63, 3.8) is 0 Å². The Morgan fingerprint density at radius 1 is 1.50 bits per heavy atom. The van der Waals surface area contributed by atoms with Crippen molar-refractivity contribution in [1.29, 1.82) is 0 Å². The lowest BCUT2D eigenvalue weighted by Gasteiger charge is -1.99. The van der Waals surface area contributed by atoms with Crippen molar-refractivity contribution < 1.29 is 4.74 Å². The Morgan fingerprint density at radius 3 is 2.12 bits per heavy atom. The molecule has 0 aromatic rings. The summed E-state index contributed by atoms with van der Waals surface area (Å²) in [5.41, 5.74) is 0. The lowest BCUT2D eigenvalue weighted by molar-refractivity contribution is 0.309. The van der Waals surface area contributed by atoms with Crippen molar-refractivity contribution in [2.24, 2.45) is 4.99 Å². The van der Waals surface area contributed by atoms with Gasteiger partial charge in [0.1, 0.15) is 0 Å². The summed E-state index contributed by atoms with van der Waals surface area (Å²) >= 11 is 0. The molecule has 0 amide bonds. The van der Waals surface area contributed by atoms with Crippen LogP contribution in [0.25, 0.3) is 0 Å². The van der Waals surface area contributed by atoms with Gasteiger partial charge in [-0.05, 0) is 20.2 Å². The zero-order valence-electron chi connectivity index (χ0n) is 4.98. The Hall–Kier alpha value is -1.05.